The Morgan fingerprint density at radius 3 is 2.47 bits per heavy atom. The molecule has 1 aromatic carbocycles. The average molecular weight is 634 g/mol. The number of nitrogens with zero attached hydrogens (tertiary/aromatic N) is 2. The number of carbonyl (C=O) groups is 4. The van der Waals surface area contributed by atoms with Gasteiger partial charge in [-0.25, -0.2) is 4.79 Å². The number of halogens is 3. The molecule has 0 bridgehead atoms. The van der Waals surface area contributed by atoms with Crippen LogP contribution in [0.1, 0.15) is 6.92 Å². The third kappa shape index (κ3) is 6.63. The highest BCUT2D eigenvalue weighted by molar-refractivity contribution is 8.01. The maximum Gasteiger partial charge on any atom is 0.352 e. The summed E-state index contributed by atoms with van der Waals surface area (Å²) < 4.78 is 1.76. The lowest BCUT2D eigenvalue weighted by molar-refractivity contribution is -0.684. The van der Waals surface area contributed by atoms with Crippen LogP contribution in [-0.4, -0.2) is 62.2 Å². The van der Waals surface area contributed by atoms with Gasteiger partial charge < -0.3 is 10.4 Å². The van der Waals surface area contributed by atoms with Gasteiger partial charge in [-0.3, -0.25) is 19.3 Å². The number of carbonyl (C=O) groups excluding carboxylic acids is 3. The lowest BCUT2D eigenvalue weighted by Crippen LogP contribution is -2.70. The number of benzene rings is 1. The van der Waals surface area contributed by atoms with Gasteiger partial charge in [0.15, 0.2) is 18.2 Å². The van der Waals surface area contributed by atoms with Gasteiger partial charge in [0.1, 0.15) is 17.1 Å². The van der Waals surface area contributed by atoms with E-state index >= 15 is 0 Å². The second-order valence-corrected chi connectivity index (χ2v) is 12.8. The highest BCUT2D eigenvalue weighted by atomic mass is 35.5. The fraction of sp³-hybridized carbons (Fsp3) is 0.292. The van der Waals surface area contributed by atoms with Crippen molar-refractivity contribution in [2.45, 2.75) is 34.7 Å². The molecule has 1 aromatic heterocycles. The van der Waals surface area contributed by atoms with Gasteiger partial charge in [-0.2, -0.15) is 4.57 Å². The van der Waals surface area contributed by atoms with Crippen LogP contribution in [0.3, 0.4) is 0 Å². The molecule has 2 aliphatic rings. The van der Waals surface area contributed by atoms with Gasteiger partial charge in [-0.1, -0.05) is 34.8 Å². The van der Waals surface area contributed by atoms with Crippen molar-refractivity contribution in [3.8, 4) is 0 Å². The van der Waals surface area contributed by atoms with Crippen molar-refractivity contribution in [2.24, 2.45) is 0 Å². The van der Waals surface area contributed by atoms with Gasteiger partial charge in [-0.05, 0) is 17.7 Å². The van der Waals surface area contributed by atoms with E-state index in [1.807, 2.05) is 12.1 Å². The lowest BCUT2D eigenvalue weighted by atomic mass is 10.0. The van der Waals surface area contributed by atoms with Crippen LogP contribution >= 0.6 is 70.1 Å². The molecule has 0 saturated carbocycles. The van der Waals surface area contributed by atoms with E-state index in [0.717, 1.165) is 16.7 Å². The summed E-state index contributed by atoms with van der Waals surface area (Å²) in [5.74, 6) is -1.18. The topological polar surface area (TPSA) is 108 Å². The molecule has 4 rings (SSSR count). The van der Waals surface area contributed by atoms with Crippen LogP contribution in [0.2, 0.25) is 15.1 Å². The zero-order valence-corrected chi connectivity index (χ0v) is 24.5. The van der Waals surface area contributed by atoms with E-state index in [2.05, 4.69) is 5.32 Å². The van der Waals surface area contributed by atoms with E-state index in [9.17, 15) is 24.3 Å². The molecule has 2 atom stereocenters. The number of pyridine rings is 1. The Labute approximate surface area is 246 Å². The number of hydrogen-bond donors (Lipinski definition) is 2. The molecule has 8 nitrogen and oxygen atoms in total. The zero-order valence-electron chi connectivity index (χ0n) is 19.8. The second kappa shape index (κ2) is 12.5. The largest absolute Gasteiger partial charge is 0.477 e. The standard InChI is InChI=1S/C24H20Cl3N3O5S3/c1-12(31)8-29-4-2-14(3-5-29)36-9-13-10-38-23-20(22(33)30(23)21(13)24(34)35)28-19(32)11-37-18-7-16(26)15(25)6-17(18)27/h2-7,20,23H,8-11H2,1H3,(H-,28,32,34,35)/p+1/t20-,23-/m1/s1. The number of amides is 2. The van der Waals surface area contributed by atoms with Crippen LogP contribution in [0.25, 0.3) is 0 Å². The highest BCUT2D eigenvalue weighted by Gasteiger charge is 2.54. The fourth-order valence-electron chi connectivity index (χ4n) is 3.84. The lowest BCUT2D eigenvalue weighted by Gasteiger charge is -2.49. The Hall–Kier alpha value is -1.89. The SMILES string of the molecule is CC(=O)C[n+]1ccc(SCC2=C(C(=O)O)N3C(=O)[C@@H](NC(=O)CSc4cc(Cl)c(Cl)cc4Cl)[C@H]3SC2)cc1. The van der Waals surface area contributed by atoms with E-state index in [4.69, 9.17) is 34.8 Å². The number of rotatable bonds is 10. The van der Waals surface area contributed by atoms with Crippen molar-refractivity contribution in [1.29, 1.82) is 0 Å². The molecule has 0 radical (unpaired) electrons. The summed E-state index contributed by atoms with van der Waals surface area (Å²) >= 11 is 22.1. The molecule has 38 heavy (non-hydrogen) atoms. The van der Waals surface area contributed by atoms with Crippen LogP contribution in [0.15, 0.2) is 57.7 Å². The van der Waals surface area contributed by atoms with Crippen LogP contribution in [0, 0.1) is 0 Å². The van der Waals surface area contributed by atoms with Crippen molar-refractivity contribution in [2.75, 3.05) is 17.3 Å². The van der Waals surface area contributed by atoms with Crippen molar-refractivity contribution in [3.63, 3.8) is 0 Å². The van der Waals surface area contributed by atoms with E-state index in [0.29, 0.717) is 37.0 Å². The monoisotopic (exact) mass is 632 g/mol. The number of aromatic nitrogens is 1. The first kappa shape index (κ1) is 29.1. The molecule has 0 spiro atoms. The number of ketones is 1. The molecular weight excluding hydrogens is 613 g/mol. The third-order valence-electron chi connectivity index (χ3n) is 5.58. The Morgan fingerprint density at radius 2 is 1.82 bits per heavy atom. The predicted octanol–water partition coefficient (Wildman–Crippen LogP) is 4.15. The minimum Gasteiger partial charge on any atom is -0.477 e. The van der Waals surface area contributed by atoms with Gasteiger partial charge in [0, 0.05) is 40.4 Å². The molecule has 2 amide bonds. The van der Waals surface area contributed by atoms with Crippen molar-refractivity contribution in [1.82, 2.24) is 10.2 Å². The summed E-state index contributed by atoms with van der Waals surface area (Å²) in [4.78, 5) is 51.6. The normalized spacial score (nSPS) is 18.6. The summed E-state index contributed by atoms with van der Waals surface area (Å²) in [6.07, 6.45) is 3.59. The van der Waals surface area contributed by atoms with Gasteiger partial charge in [0.05, 0.1) is 20.8 Å². The molecule has 2 aliphatic heterocycles. The van der Waals surface area contributed by atoms with Gasteiger partial charge in [0.2, 0.25) is 12.5 Å². The van der Waals surface area contributed by atoms with Gasteiger partial charge in [0.25, 0.3) is 5.91 Å². The molecule has 1 saturated heterocycles. The summed E-state index contributed by atoms with van der Waals surface area (Å²) in [7, 11) is 0. The number of Topliss-reactive ketones (excluding diaryl/α,β-unsaturated/α-hetero) is 1. The Kier molecular flexibility index (Phi) is 9.59. The number of aliphatic carboxylic acids is 1. The maximum atomic E-state index is 12.9. The minimum atomic E-state index is -1.18. The first-order chi connectivity index (χ1) is 18.0. The van der Waals surface area contributed by atoms with Crippen molar-refractivity contribution < 1.29 is 28.9 Å². The predicted molar refractivity (Wildman–Crippen MR) is 150 cm³/mol. The van der Waals surface area contributed by atoms with Crippen LogP contribution < -0.4 is 9.88 Å². The van der Waals surface area contributed by atoms with Crippen LogP contribution in [0.5, 0.6) is 0 Å². The summed E-state index contributed by atoms with van der Waals surface area (Å²) in [5.41, 5.74) is 0.600. The molecule has 0 unspecified atom stereocenters. The Balaban J connectivity index is 1.36. The number of β-lactam (4-membered cyclic amide) rings is 1. The molecule has 2 aromatic rings. The van der Waals surface area contributed by atoms with E-state index < -0.39 is 23.3 Å². The van der Waals surface area contributed by atoms with E-state index in [1.165, 1.54) is 41.4 Å². The van der Waals surface area contributed by atoms with Crippen molar-refractivity contribution in [3.05, 3.63) is 63.0 Å². The maximum absolute atomic E-state index is 12.9. The van der Waals surface area contributed by atoms with E-state index in [1.54, 1.807) is 23.0 Å². The summed E-state index contributed by atoms with van der Waals surface area (Å²) in [5, 5.41) is 13.1. The Morgan fingerprint density at radius 1 is 1.13 bits per heavy atom. The average Bonchev–Trinajstić information content (AvgIpc) is 2.87. The molecule has 1 fully saturated rings. The molecule has 3 heterocycles. The summed E-state index contributed by atoms with van der Waals surface area (Å²) in [6, 6.07) is 5.97. The smallest absolute Gasteiger partial charge is 0.352 e. The molecule has 200 valence electrons. The third-order valence-corrected chi connectivity index (χ3v) is 10.2. The van der Waals surface area contributed by atoms with E-state index in [-0.39, 0.29) is 29.7 Å². The second-order valence-electron chi connectivity index (χ2n) is 8.39. The minimum absolute atomic E-state index is 0.00808. The number of carboxylic acid groups (broad SMARTS) is 1. The fourth-order valence-corrected chi connectivity index (χ4v) is 7.75. The first-order valence-electron chi connectivity index (χ1n) is 11.1. The Bertz CT molecular complexity index is 1340. The number of carboxylic acids is 1. The number of hydrogen-bond acceptors (Lipinski definition) is 7. The van der Waals surface area contributed by atoms with Gasteiger partial charge >= 0.3 is 5.97 Å². The molecule has 2 N–H and O–H groups in total. The van der Waals surface area contributed by atoms with Gasteiger partial charge in [-0.15, -0.1) is 35.3 Å². The molecule has 14 heteroatoms. The van der Waals surface area contributed by atoms with Crippen molar-refractivity contribution >= 4 is 93.7 Å². The molecular formula is C24H21Cl3N3O5S3+. The number of fused-ring (bicyclic) bond motifs is 1. The first-order valence-corrected chi connectivity index (χ1v) is 15.3. The van der Waals surface area contributed by atoms with Crippen LogP contribution in [-0.2, 0) is 25.7 Å². The summed E-state index contributed by atoms with van der Waals surface area (Å²) in [6.45, 7) is 1.80. The number of nitrogens with one attached hydrogen (secondary N) is 1. The molecule has 0 aliphatic carbocycles. The highest BCUT2D eigenvalue weighted by Crippen LogP contribution is 2.42. The number of thioether (sulfide) groups is 3. The quantitative estimate of drug-likeness (QED) is 0.174. The zero-order chi connectivity index (χ0) is 27.6. The van der Waals surface area contributed by atoms with Crippen LogP contribution in [0.4, 0.5) is 0 Å².